The number of hydrogen-bond acceptors (Lipinski definition) is 2. The smallest absolute Gasteiger partial charge is 0.0497 e. The van der Waals surface area contributed by atoms with E-state index in [1.165, 1.54) is 122 Å². The minimum absolute atomic E-state index is 0.136. The summed E-state index contributed by atoms with van der Waals surface area (Å²) in [5.41, 5.74) is 22.9. The van der Waals surface area contributed by atoms with E-state index in [0.717, 1.165) is 24.2 Å². The van der Waals surface area contributed by atoms with Gasteiger partial charge in [-0.25, -0.2) is 0 Å². The molecule has 14 rings (SSSR count). The van der Waals surface area contributed by atoms with Crippen LogP contribution in [-0.4, -0.2) is 0 Å². The Kier molecular flexibility index (Phi) is 8.19. The number of benzene rings is 11. The van der Waals surface area contributed by atoms with Crippen molar-refractivity contribution < 1.29 is 0 Å². The number of para-hydroxylation sites is 4. The van der Waals surface area contributed by atoms with E-state index in [-0.39, 0.29) is 5.41 Å². The molecular weight excluding hydrogens is 809 g/mol. The van der Waals surface area contributed by atoms with E-state index < -0.39 is 0 Å². The van der Waals surface area contributed by atoms with Gasteiger partial charge >= 0.3 is 0 Å². The molecule has 0 radical (unpaired) electrons. The normalized spacial score (nSPS) is 14.1. The average molecular weight is 855 g/mol. The fraction of sp³-hybridized carbons (Fsp3) is 0.0769. The quantitative estimate of drug-likeness (QED) is 0.163. The van der Waals surface area contributed by atoms with Crippen LogP contribution in [0.4, 0.5) is 34.1 Å². The molecular formula is C65H46N2. The van der Waals surface area contributed by atoms with Crippen LogP contribution in [0.25, 0.3) is 65.7 Å². The summed E-state index contributed by atoms with van der Waals surface area (Å²) in [7, 11) is 0. The van der Waals surface area contributed by atoms with E-state index in [1.807, 2.05) is 0 Å². The Labute approximate surface area is 391 Å². The number of nitrogens with zero attached hydrogens (tertiary/aromatic N) is 2. The first kappa shape index (κ1) is 38.1. The van der Waals surface area contributed by atoms with Crippen LogP contribution < -0.4 is 9.80 Å². The third kappa shape index (κ3) is 5.69. The second kappa shape index (κ2) is 14.4. The summed E-state index contributed by atoms with van der Waals surface area (Å²) in [5, 5.41) is 7.42. The summed E-state index contributed by atoms with van der Waals surface area (Å²) in [6, 6.07) is 82.4. The fourth-order valence-electron chi connectivity index (χ4n) is 12.0. The molecule has 2 heteroatoms. The Morgan fingerprint density at radius 2 is 0.761 bits per heavy atom. The maximum Gasteiger partial charge on any atom is 0.0497 e. The van der Waals surface area contributed by atoms with Crippen molar-refractivity contribution in [2.24, 2.45) is 0 Å². The number of hydrogen-bond donors (Lipinski definition) is 0. The largest absolute Gasteiger partial charge is 0.310 e. The van der Waals surface area contributed by atoms with Gasteiger partial charge in [0.1, 0.15) is 0 Å². The molecule has 0 amide bonds. The van der Waals surface area contributed by atoms with E-state index >= 15 is 0 Å². The molecule has 2 nitrogen and oxygen atoms in total. The lowest BCUT2D eigenvalue weighted by atomic mass is 9.80. The first-order chi connectivity index (χ1) is 33.0. The van der Waals surface area contributed by atoms with E-state index in [2.05, 4.69) is 242 Å². The predicted molar refractivity (Wildman–Crippen MR) is 282 cm³/mol. The lowest BCUT2D eigenvalue weighted by Gasteiger charge is -2.34. The molecule has 0 aromatic heterocycles. The van der Waals surface area contributed by atoms with Crippen molar-refractivity contribution in [2.75, 3.05) is 9.80 Å². The van der Waals surface area contributed by atoms with Gasteiger partial charge in [-0.15, -0.1) is 0 Å². The highest BCUT2D eigenvalue weighted by Gasteiger charge is 2.36. The molecule has 0 spiro atoms. The van der Waals surface area contributed by atoms with Gasteiger partial charge in [0.25, 0.3) is 0 Å². The van der Waals surface area contributed by atoms with Crippen molar-refractivity contribution in [1.29, 1.82) is 0 Å². The van der Waals surface area contributed by atoms with Gasteiger partial charge in [-0.3, -0.25) is 0 Å². The van der Waals surface area contributed by atoms with Crippen LogP contribution in [0.15, 0.2) is 218 Å². The van der Waals surface area contributed by atoms with Crippen LogP contribution in [-0.2, 0) is 18.3 Å². The SMILES string of the molecule is CC1(C)c2ccccc2-c2ccc(-c3c4ccc(N5c6ccccc6Cc6ccccc65)cc4c(-c4ccc5ccccc5c4)c4cc(N5c6ccccc6Cc6ccccc65)ccc34)cc21. The summed E-state index contributed by atoms with van der Waals surface area (Å²) >= 11 is 0. The van der Waals surface area contributed by atoms with Gasteiger partial charge in [0.05, 0.1) is 0 Å². The molecule has 0 N–H and O–H groups in total. The molecule has 0 fully saturated rings. The van der Waals surface area contributed by atoms with Crippen molar-refractivity contribution in [2.45, 2.75) is 32.1 Å². The molecule has 2 aliphatic heterocycles. The predicted octanol–water partition coefficient (Wildman–Crippen LogP) is 17.5. The monoisotopic (exact) mass is 854 g/mol. The maximum atomic E-state index is 2.51. The van der Waals surface area contributed by atoms with Crippen molar-refractivity contribution in [1.82, 2.24) is 0 Å². The number of anilines is 6. The molecule has 3 aliphatic rings. The second-order valence-electron chi connectivity index (χ2n) is 19.2. The third-order valence-corrected chi connectivity index (χ3v) is 15.2. The summed E-state index contributed by atoms with van der Waals surface area (Å²) < 4.78 is 0. The van der Waals surface area contributed by atoms with Gasteiger partial charge in [-0.2, -0.15) is 0 Å². The van der Waals surface area contributed by atoms with Gasteiger partial charge in [-0.1, -0.05) is 172 Å². The van der Waals surface area contributed by atoms with Crippen molar-refractivity contribution in [3.63, 3.8) is 0 Å². The Bertz CT molecular complexity index is 3620. The summed E-state index contributed by atoms with van der Waals surface area (Å²) in [4.78, 5) is 4.99. The molecule has 1 aliphatic carbocycles. The van der Waals surface area contributed by atoms with Crippen molar-refractivity contribution in [3.8, 4) is 33.4 Å². The van der Waals surface area contributed by atoms with Crippen LogP contribution in [0.3, 0.4) is 0 Å². The number of rotatable bonds is 4. The molecule has 0 saturated heterocycles. The third-order valence-electron chi connectivity index (χ3n) is 15.2. The second-order valence-corrected chi connectivity index (χ2v) is 19.2. The maximum absolute atomic E-state index is 2.51. The first-order valence-corrected chi connectivity index (χ1v) is 23.7. The molecule has 2 heterocycles. The fourth-order valence-corrected chi connectivity index (χ4v) is 12.0. The molecule has 316 valence electrons. The van der Waals surface area contributed by atoms with E-state index in [1.54, 1.807) is 0 Å². The Hall–Kier alpha value is -8.20. The first-order valence-electron chi connectivity index (χ1n) is 23.7. The van der Waals surface area contributed by atoms with Crippen LogP contribution in [0, 0.1) is 0 Å². The van der Waals surface area contributed by atoms with Crippen LogP contribution in [0.2, 0.25) is 0 Å². The van der Waals surface area contributed by atoms with Gasteiger partial charge in [0, 0.05) is 52.4 Å². The highest BCUT2D eigenvalue weighted by molar-refractivity contribution is 6.23. The Morgan fingerprint density at radius 3 is 1.33 bits per heavy atom. The Balaban J connectivity index is 1.11. The zero-order chi connectivity index (χ0) is 44.4. The minimum atomic E-state index is -0.136. The highest BCUT2D eigenvalue weighted by Crippen LogP contribution is 2.54. The summed E-state index contributed by atoms with van der Waals surface area (Å²) in [5.74, 6) is 0. The van der Waals surface area contributed by atoms with E-state index in [0.29, 0.717) is 0 Å². The summed E-state index contributed by atoms with van der Waals surface area (Å²) in [6.45, 7) is 4.78. The van der Waals surface area contributed by atoms with Crippen molar-refractivity contribution in [3.05, 3.63) is 252 Å². The highest BCUT2D eigenvalue weighted by atomic mass is 15.2. The minimum Gasteiger partial charge on any atom is -0.310 e. The molecule has 67 heavy (non-hydrogen) atoms. The van der Waals surface area contributed by atoms with Crippen LogP contribution in [0.1, 0.15) is 47.2 Å². The van der Waals surface area contributed by atoms with Gasteiger partial charge in [-0.05, 0) is 160 Å². The molecule has 11 aromatic carbocycles. The molecule has 0 saturated carbocycles. The van der Waals surface area contributed by atoms with Gasteiger partial charge < -0.3 is 9.80 Å². The topological polar surface area (TPSA) is 6.48 Å². The summed E-state index contributed by atoms with van der Waals surface area (Å²) in [6.07, 6.45) is 1.83. The Morgan fingerprint density at radius 1 is 0.328 bits per heavy atom. The average Bonchev–Trinajstić information content (AvgIpc) is 3.60. The molecule has 0 unspecified atom stereocenters. The van der Waals surface area contributed by atoms with Gasteiger partial charge in [0.15, 0.2) is 0 Å². The number of fused-ring (bicyclic) bond motifs is 10. The van der Waals surface area contributed by atoms with E-state index in [4.69, 9.17) is 0 Å². The van der Waals surface area contributed by atoms with Crippen LogP contribution in [0.5, 0.6) is 0 Å². The molecule has 11 aromatic rings. The lowest BCUT2D eigenvalue weighted by molar-refractivity contribution is 0.660. The zero-order valence-electron chi connectivity index (χ0n) is 37.6. The van der Waals surface area contributed by atoms with Crippen LogP contribution >= 0.6 is 0 Å². The zero-order valence-corrected chi connectivity index (χ0v) is 37.6. The van der Waals surface area contributed by atoms with E-state index in [9.17, 15) is 0 Å². The lowest BCUT2D eigenvalue weighted by Crippen LogP contribution is -2.18. The molecule has 0 atom stereocenters. The standard InChI is InChI=1S/C65H46N2/c1-65(2)57-22-10-9-21-51(57)52-32-29-48(38-58(52)65)63-53-33-30-49(66-59-23-11-5-17-43(59)36-44-18-6-12-24-60(44)66)39-55(53)64(47-28-27-41-15-3-4-16-42(41)35-47)56-40-50(31-34-54(56)63)67-61-25-13-7-19-45(61)37-46-20-8-14-26-62(46)67/h3-35,38-40H,36-37H2,1-2H3. The van der Waals surface area contributed by atoms with Gasteiger partial charge in [0.2, 0.25) is 0 Å². The van der Waals surface area contributed by atoms with Crippen molar-refractivity contribution >= 4 is 66.4 Å². The molecule has 0 bridgehead atoms.